The first kappa shape index (κ1) is 21.7. The van der Waals surface area contributed by atoms with Crippen molar-refractivity contribution in [2.45, 2.75) is 39.5 Å². The number of hydrogen-bond donors (Lipinski definition) is 2. The molecule has 1 atom stereocenters. The predicted octanol–water partition coefficient (Wildman–Crippen LogP) is 3.50. The lowest BCUT2D eigenvalue weighted by molar-refractivity contribution is 0.0585. The van der Waals surface area contributed by atoms with E-state index < -0.39 is 12.2 Å². The molecule has 0 spiro atoms. The van der Waals surface area contributed by atoms with E-state index in [1.165, 1.54) is 9.80 Å². The second-order valence-corrected chi connectivity index (χ2v) is 8.36. The fourth-order valence-corrected chi connectivity index (χ4v) is 3.70. The van der Waals surface area contributed by atoms with E-state index in [4.69, 9.17) is 14.6 Å². The molecule has 4 rings (SSSR count). The van der Waals surface area contributed by atoms with E-state index >= 15 is 0 Å². The lowest BCUT2D eigenvalue weighted by Crippen LogP contribution is -2.51. The van der Waals surface area contributed by atoms with Crippen LogP contribution in [0.1, 0.15) is 37.9 Å². The number of rotatable bonds is 7. The zero-order chi connectivity index (χ0) is 22.8. The van der Waals surface area contributed by atoms with Gasteiger partial charge in [-0.3, -0.25) is 4.90 Å². The number of anilines is 2. The Labute approximate surface area is 186 Å². The maximum absolute atomic E-state index is 12.1. The first-order valence-corrected chi connectivity index (χ1v) is 10.6. The number of aromatic nitrogens is 2. The molecular formula is C22H27N5O5. The largest absolute Gasteiger partial charge is 0.493 e. The Kier molecular flexibility index (Phi) is 6.02. The van der Waals surface area contributed by atoms with E-state index in [0.717, 1.165) is 16.9 Å². The number of amides is 2. The summed E-state index contributed by atoms with van der Waals surface area (Å²) >= 11 is 0. The van der Waals surface area contributed by atoms with Crippen molar-refractivity contribution in [3.8, 4) is 5.75 Å². The predicted molar refractivity (Wildman–Crippen MR) is 117 cm³/mol. The second-order valence-electron chi connectivity index (χ2n) is 8.36. The average molecular weight is 441 g/mol. The van der Waals surface area contributed by atoms with Gasteiger partial charge < -0.3 is 24.8 Å². The van der Waals surface area contributed by atoms with Crippen molar-refractivity contribution >= 4 is 24.0 Å². The molecule has 0 radical (unpaired) electrons. The summed E-state index contributed by atoms with van der Waals surface area (Å²) in [6.07, 6.45) is 0.396. The van der Waals surface area contributed by atoms with E-state index in [9.17, 15) is 9.59 Å². The fourth-order valence-electron chi connectivity index (χ4n) is 3.70. The van der Waals surface area contributed by atoms with E-state index in [-0.39, 0.29) is 24.6 Å². The number of nitrogens with one attached hydrogen (secondary N) is 1. The van der Waals surface area contributed by atoms with Crippen LogP contribution in [0, 0.1) is 5.92 Å². The summed E-state index contributed by atoms with van der Waals surface area (Å²) in [6.45, 7) is 7.51. The van der Waals surface area contributed by atoms with Crippen LogP contribution in [0.2, 0.25) is 0 Å². The van der Waals surface area contributed by atoms with Crippen molar-refractivity contribution in [3.05, 3.63) is 41.6 Å². The zero-order valence-corrected chi connectivity index (χ0v) is 18.3. The van der Waals surface area contributed by atoms with E-state index in [1.54, 1.807) is 6.20 Å². The Morgan fingerprint density at radius 3 is 2.66 bits per heavy atom. The number of hydrogen-bond acceptors (Lipinski definition) is 7. The summed E-state index contributed by atoms with van der Waals surface area (Å²) in [7, 11) is 0. The van der Waals surface area contributed by atoms with Crippen LogP contribution in [0.15, 0.2) is 30.5 Å². The maximum Gasteiger partial charge on any atom is 0.416 e. The SMILES string of the molecule is CC(C)N1C(=O)OCc2cnc(N[C@@H](C)c3ccc(OCC4CN(C(=O)O)C4)cc3)nc21. The van der Waals surface area contributed by atoms with Crippen molar-refractivity contribution in [2.24, 2.45) is 5.92 Å². The quantitative estimate of drug-likeness (QED) is 0.670. The summed E-state index contributed by atoms with van der Waals surface area (Å²) in [6, 6.07) is 7.57. The number of carbonyl (C=O) groups is 2. The molecule has 1 fully saturated rings. The Hall–Kier alpha value is -3.56. The number of cyclic esters (lactones) is 1. The third-order valence-electron chi connectivity index (χ3n) is 5.57. The maximum atomic E-state index is 12.1. The van der Waals surface area contributed by atoms with Gasteiger partial charge in [0.1, 0.15) is 18.2 Å². The van der Waals surface area contributed by atoms with Gasteiger partial charge in [-0.1, -0.05) is 12.1 Å². The summed E-state index contributed by atoms with van der Waals surface area (Å²) in [4.78, 5) is 34.8. The number of fused-ring (bicyclic) bond motifs is 1. The highest BCUT2D eigenvalue weighted by molar-refractivity contribution is 5.89. The Balaban J connectivity index is 1.35. The summed E-state index contributed by atoms with van der Waals surface area (Å²) < 4.78 is 11.0. The summed E-state index contributed by atoms with van der Waals surface area (Å²) in [5.74, 6) is 1.98. The smallest absolute Gasteiger partial charge is 0.416 e. The molecule has 1 aromatic carbocycles. The zero-order valence-electron chi connectivity index (χ0n) is 18.3. The van der Waals surface area contributed by atoms with Crippen molar-refractivity contribution in [1.82, 2.24) is 14.9 Å². The van der Waals surface area contributed by atoms with Crippen LogP contribution in [0.4, 0.5) is 21.4 Å². The average Bonchev–Trinajstić information content (AvgIpc) is 2.72. The molecule has 0 bridgehead atoms. The van der Waals surface area contributed by atoms with Crippen molar-refractivity contribution in [3.63, 3.8) is 0 Å². The van der Waals surface area contributed by atoms with Gasteiger partial charge in [0, 0.05) is 31.2 Å². The molecule has 2 aromatic rings. The molecule has 10 heteroatoms. The first-order chi connectivity index (χ1) is 15.3. The minimum absolute atomic E-state index is 0.0686. The summed E-state index contributed by atoms with van der Waals surface area (Å²) in [5, 5.41) is 12.2. The van der Waals surface area contributed by atoms with Crippen LogP contribution in [0.3, 0.4) is 0 Å². The van der Waals surface area contributed by atoms with E-state index in [0.29, 0.717) is 31.5 Å². The molecule has 32 heavy (non-hydrogen) atoms. The molecule has 0 saturated carbocycles. The van der Waals surface area contributed by atoms with Crippen LogP contribution < -0.4 is 15.0 Å². The lowest BCUT2D eigenvalue weighted by atomic mass is 10.0. The van der Waals surface area contributed by atoms with E-state index in [1.807, 2.05) is 45.0 Å². The van der Waals surface area contributed by atoms with Gasteiger partial charge in [-0.2, -0.15) is 4.98 Å². The number of nitrogens with zero attached hydrogens (tertiary/aromatic N) is 4. The van der Waals surface area contributed by atoms with Crippen LogP contribution >= 0.6 is 0 Å². The van der Waals surface area contributed by atoms with Crippen LogP contribution in [-0.2, 0) is 11.3 Å². The minimum Gasteiger partial charge on any atom is -0.493 e. The van der Waals surface area contributed by atoms with Gasteiger partial charge in [0.05, 0.1) is 18.2 Å². The van der Waals surface area contributed by atoms with Gasteiger partial charge >= 0.3 is 12.2 Å². The Morgan fingerprint density at radius 1 is 1.28 bits per heavy atom. The number of carbonyl (C=O) groups excluding carboxylic acids is 1. The molecule has 0 aliphatic carbocycles. The van der Waals surface area contributed by atoms with Gasteiger partial charge in [0.2, 0.25) is 5.95 Å². The molecule has 2 N–H and O–H groups in total. The van der Waals surface area contributed by atoms with E-state index in [2.05, 4.69) is 15.3 Å². The van der Waals surface area contributed by atoms with Crippen LogP contribution in [0.5, 0.6) is 5.75 Å². The molecule has 1 aromatic heterocycles. The van der Waals surface area contributed by atoms with Gasteiger partial charge in [-0.25, -0.2) is 14.6 Å². The Bertz CT molecular complexity index is 991. The second kappa shape index (κ2) is 8.89. The molecule has 10 nitrogen and oxygen atoms in total. The van der Waals surface area contributed by atoms with Gasteiger partial charge in [-0.05, 0) is 38.5 Å². The van der Waals surface area contributed by atoms with Crippen LogP contribution in [-0.4, -0.2) is 57.9 Å². The number of ether oxygens (including phenoxy) is 2. The lowest BCUT2D eigenvalue weighted by Gasteiger charge is -2.36. The number of benzene rings is 1. The molecule has 2 amide bonds. The monoisotopic (exact) mass is 441 g/mol. The first-order valence-electron chi connectivity index (χ1n) is 10.6. The summed E-state index contributed by atoms with van der Waals surface area (Å²) in [5.41, 5.74) is 1.80. The highest BCUT2D eigenvalue weighted by Crippen LogP contribution is 2.28. The molecule has 1 saturated heterocycles. The minimum atomic E-state index is -0.883. The topological polar surface area (TPSA) is 117 Å². The molecular weight excluding hydrogens is 414 g/mol. The van der Waals surface area contributed by atoms with Crippen molar-refractivity contribution in [1.29, 1.82) is 0 Å². The molecule has 2 aliphatic rings. The van der Waals surface area contributed by atoms with Crippen molar-refractivity contribution < 1.29 is 24.2 Å². The molecule has 0 unspecified atom stereocenters. The Morgan fingerprint density at radius 2 is 2.00 bits per heavy atom. The van der Waals surface area contributed by atoms with Gasteiger partial charge in [-0.15, -0.1) is 0 Å². The highest BCUT2D eigenvalue weighted by atomic mass is 16.6. The molecule has 2 aliphatic heterocycles. The third-order valence-corrected chi connectivity index (χ3v) is 5.57. The highest BCUT2D eigenvalue weighted by Gasteiger charge is 2.31. The number of carboxylic acid groups (broad SMARTS) is 1. The third kappa shape index (κ3) is 4.53. The normalized spacial score (nSPS) is 16.8. The molecule has 170 valence electrons. The van der Waals surface area contributed by atoms with Gasteiger partial charge in [0.15, 0.2) is 0 Å². The standard InChI is InChI=1S/C22H27N5O5/c1-13(2)27-19-17(12-32-22(27)30)8-23-20(25-19)24-14(3)16-4-6-18(7-5-16)31-11-15-9-26(10-15)21(28)29/h4-8,13-15H,9-12H2,1-3H3,(H,28,29)(H,23,24,25)/t14-/m0/s1. The molecule has 3 heterocycles. The van der Waals surface area contributed by atoms with Crippen LogP contribution in [0.25, 0.3) is 0 Å². The van der Waals surface area contributed by atoms with Gasteiger partial charge in [0.25, 0.3) is 0 Å². The fraction of sp³-hybridized carbons (Fsp3) is 0.455. The number of likely N-dealkylation sites (tertiary alicyclic amines) is 1. The van der Waals surface area contributed by atoms with Crippen molar-refractivity contribution in [2.75, 3.05) is 29.9 Å².